The van der Waals surface area contributed by atoms with Gasteiger partial charge in [-0.15, -0.1) is 34.0 Å². The van der Waals surface area contributed by atoms with Crippen molar-refractivity contribution in [1.82, 2.24) is 0 Å². The summed E-state index contributed by atoms with van der Waals surface area (Å²) in [5.74, 6) is -0.377. The molecular formula is C75H50BF3O5S4. The summed E-state index contributed by atoms with van der Waals surface area (Å²) in [7, 11) is -7.13. The first-order chi connectivity index (χ1) is 42.3. The Labute approximate surface area is 516 Å². The molecule has 3 aromatic heterocycles. The molecule has 2 N–H and O–H groups in total. The number of hydrogen-bond donors (Lipinski definition) is 2. The van der Waals surface area contributed by atoms with E-state index in [1.54, 1.807) is 23.5 Å². The fourth-order valence-corrected chi connectivity index (χ4v) is 16.7. The minimum absolute atomic E-state index is 0. The van der Waals surface area contributed by atoms with E-state index in [-0.39, 0.29) is 13.2 Å². The van der Waals surface area contributed by atoms with Gasteiger partial charge in [0.2, 0.25) is 0 Å². The van der Waals surface area contributed by atoms with Gasteiger partial charge in [-0.3, -0.25) is 0 Å². The average molecular weight is 1230 g/mol. The van der Waals surface area contributed by atoms with Crippen molar-refractivity contribution in [3.05, 3.63) is 254 Å². The molecule has 88 heavy (non-hydrogen) atoms. The molecule has 17 rings (SSSR count). The number of hydrogen-bond acceptors (Lipinski definition) is 8. The van der Waals surface area contributed by atoms with Gasteiger partial charge in [0.25, 0.3) is 0 Å². The molecule has 5 nitrogen and oxygen atoms in total. The second kappa shape index (κ2) is 22.2. The zero-order chi connectivity index (χ0) is 59.3. The van der Waals surface area contributed by atoms with Crippen LogP contribution in [0.25, 0.3) is 147 Å². The molecule has 0 amide bonds. The molecule has 17 aromatic rings. The first kappa shape index (κ1) is 56.6. The predicted octanol–water partition coefficient (Wildman–Crippen LogP) is 21.3. The SMILES string of the molecule is C.Cc1ccc2c3ccccc3c3ccc(OS(=O)(=O)C(F)(F)F)cc3c2c1.OB(O)c1cccc2c1sc1ccccc12.c1ccc2c(c1)sc1c(-c3ccc4c5ccccc5c5ccc(-c6cccc7c6sc6ccccc67)cc5c4c3)cccc12. The lowest BCUT2D eigenvalue weighted by Gasteiger charge is -2.14. The highest BCUT2D eigenvalue weighted by atomic mass is 32.2. The second-order valence-electron chi connectivity index (χ2n) is 21.6. The zero-order valence-corrected chi connectivity index (χ0v) is 49.4. The van der Waals surface area contributed by atoms with Crippen LogP contribution in [0.1, 0.15) is 13.0 Å². The fraction of sp³-hybridized carbons (Fsp3) is 0.0400. The molecule has 0 spiro atoms. The molecule has 13 heteroatoms. The summed E-state index contributed by atoms with van der Waals surface area (Å²) in [5.41, 5.74) is 1.22. The van der Waals surface area contributed by atoms with Gasteiger partial charge < -0.3 is 14.2 Å². The van der Waals surface area contributed by atoms with Crippen LogP contribution in [0.5, 0.6) is 5.75 Å². The van der Waals surface area contributed by atoms with Crippen LogP contribution >= 0.6 is 34.0 Å². The molecule has 0 fully saturated rings. The Morgan fingerprint density at radius 3 is 1.15 bits per heavy atom. The first-order valence-electron chi connectivity index (χ1n) is 28.1. The van der Waals surface area contributed by atoms with E-state index in [0.717, 1.165) is 42.6 Å². The van der Waals surface area contributed by atoms with Crippen molar-refractivity contribution < 1.29 is 35.8 Å². The summed E-state index contributed by atoms with van der Waals surface area (Å²) in [6, 6.07) is 85.5. The molecule has 0 unspecified atom stereocenters. The summed E-state index contributed by atoms with van der Waals surface area (Å²) in [4.78, 5) is 0. The lowest BCUT2D eigenvalue weighted by atomic mass is 9.80. The third-order valence-electron chi connectivity index (χ3n) is 16.4. The number of rotatable bonds is 5. The van der Waals surface area contributed by atoms with Gasteiger partial charge in [0.15, 0.2) is 0 Å². The lowest BCUT2D eigenvalue weighted by molar-refractivity contribution is -0.0500. The summed E-state index contributed by atoms with van der Waals surface area (Å²) >= 11 is 5.39. The van der Waals surface area contributed by atoms with Gasteiger partial charge in [-0.25, -0.2) is 0 Å². The molecule has 0 saturated carbocycles. The minimum atomic E-state index is -5.72. The maximum atomic E-state index is 12.6. The Bertz CT molecular complexity index is 5580. The highest BCUT2D eigenvalue weighted by Crippen LogP contribution is 2.46. The largest absolute Gasteiger partial charge is 0.534 e. The van der Waals surface area contributed by atoms with Crippen LogP contribution < -0.4 is 9.65 Å². The number of aryl methyl sites for hydroxylation is 1. The molecule has 0 saturated heterocycles. The normalized spacial score (nSPS) is 12.0. The van der Waals surface area contributed by atoms with E-state index in [4.69, 9.17) is 0 Å². The maximum absolute atomic E-state index is 12.6. The minimum Gasteiger partial charge on any atom is -0.423 e. The quantitative estimate of drug-likeness (QED) is 0.0776. The van der Waals surface area contributed by atoms with E-state index in [1.165, 1.54) is 117 Å². The van der Waals surface area contributed by atoms with Gasteiger partial charge in [-0.05, 0) is 153 Å². The van der Waals surface area contributed by atoms with Gasteiger partial charge in [0.1, 0.15) is 5.75 Å². The van der Waals surface area contributed by atoms with Crippen molar-refractivity contribution in [3.8, 4) is 28.0 Å². The average Bonchev–Trinajstić information content (AvgIpc) is 1.14. The van der Waals surface area contributed by atoms with Crippen molar-refractivity contribution in [2.45, 2.75) is 19.9 Å². The van der Waals surface area contributed by atoms with Crippen LogP contribution in [0.2, 0.25) is 0 Å². The van der Waals surface area contributed by atoms with Crippen molar-refractivity contribution >= 4 is 182 Å². The highest BCUT2D eigenvalue weighted by Gasteiger charge is 2.48. The summed E-state index contributed by atoms with van der Waals surface area (Å²) in [6.45, 7) is 1.91. The standard InChI is InChI=1S/C42H24S2.C20H13F3O3S.C12H9BO2S.CH4/c1-2-10-30-29(9-1)31-21-19-25(27-13-7-15-35-33-11-3-5-17-39(33)43-41(27)35)23-37(31)38-24-26(20-22-32(30)38)28-14-8-16-36-34-12-4-6-18-40(34)44-42(28)36;1-12-6-8-16-14-4-2-3-5-15(14)17-9-7-13(11-19(17)18(16)10-12)26-27(24,25)20(21,22)23;14-13(15)10-6-3-5-9-8-4-1-2-7-11(8)16-12(9)10;/h1-24H;2-11H,1H3;1-7,14-15H;1H4. The lowest BCUT2D eigenvalue weighted by Crippen LogP contribution is -2.29. The Kier molecular flexibility index (Phi) is 14.3. The smallest absolute Gasteiger partial charge is 0.423 e. The number of thiophene rings is 3. The third kappa shape index (κ3) is 9.66. The Morgan fingerprint density at radius 1 is 0.364 bits per heavy atom. The Balaban J connectivity index is 0.000000131. The number of halogens is 3. The van der Waals surface area contributed by atoms with E-state index in [9.17, 15) is 31.6 Å². The van der Waals surface area contributed by atoms with Crippen LogP contribution in [-0.2, 0) is 10.1 Å². The van der Waals surface area contributed by atoms with Crippen LogP contribution in [0.4, 0.5) is 13.2 Å². The third-order valence-corrected chi connectivity index (χ3v) is 21.1. The molecule has 0 bridgehead atoms. The summed E-state index contributed by atoms with van der Waals surface area (Å²) in [6.07, 6.45) is 0. The van der Waals surface area contributed by atoms with E-state index >= 15 is 0 Å². The van der Waals surface area contributed by atoms with Crippen molar-refractivity contribution in [2.75, 3.05) is 0 Å². The van der Waals surface area contributed by atoms with Crippen LogP contribution in [0.15, 0.2) is 249 Å². The molecule has 14 aromatic carbocycles. The topological polar surface area (TPSA) is 83.8 Å². The molecule has 3 heterocycles. The van der Waals surface area contributed by atoms with Crippen LogP contribution in [-0.4, -0.2) is 31.1 Å². The van der Waals surface area contributed by atoms with Crippen LogP contribution in [0, 0.1) is 6.92 Å². The molecule has 0 radical (unpaired) electrons. The zero-order valence-electron chi connectivity index (χ0n) is 46.1. The Morgan fingerprint density at radius 2 is 0.705 bits per heavy atom. The van der Waals surface area contributed by atoms with E-state index in [0.29, 0.717) is 10.8 Å². The van der Waals surface area contributed by atoms with Crippen molar-refractivity contribution in [3.63, 3.8) is 0 Å². The highest BCUT2D eigenvalue weighted by molar-refractivity contribution is 7.88. The van der Waals surface area contributed by atoms with Crippen molar-refractivity contribution in [2.24, 2.45) is 0 Å². The number of benzene rings is 14. The molecular weight excluding hydrogens is 1180 g/mol. The summed E-state index contributed by atoms with van der Waals surface area (Å²) < 4.78 is 72.4. The van der Waals surface area contributed by atoms with E-state index in [2.05, 4.69) is 156 Å². The summed E-state index contributed by atoms with van der Waals surface area (Å²) in [5, 5.41) is 39.2. The van der Waals surface area contributed by atoms with Crippen LogP contribution in [0.3, 0.4) is 0 Å². The number of fused-ring (bicyclic) bond motifs is 21. The molecule has 0 aliphatic heterocycles. The van der Waals surface area contributed by atoms with Gasteiger partial charge in [-0.1, -0.05) is 213 Å². The Hall–Kier alpha value is -9.18. The predicted molar refractivity (Wildman–Crippen MR) is 371 cm³/mol. The first-order valence-corrected chi connectivity index (χ1v) is 31.9. The second-order valence-corrected chi connectivity index (χ2v) is 26.3. The fourth-order valence-electron chi connectivity index (χ4n) is 12.5. The van der Waals surface area contributed by atoms with Gasteiger partial charge in [-0.2, -0.15) is 21.6 Å². The van der Waals surface area contributed by atoms with E-state index < -0.39 is 22.7 Å². The van der Waals surface area contributed by atoms with Gasteiger partial charge in [0.05, 0.1) is 0 Å². The molecule has 428 valence electrons. The maximum Gasteiger partial charge on any atom is 0.534 e. The molecule has 0 aliphatic carbocycles. The molecule has 0 aliphatic rings. The van der Waals surface area contributed by atoms with E-state index in [1.807, 2.05) is 102 Å². The monoisotopic (exact) mass is 1230 g/mol. The number of alkyl halides is 3. The van der Waals surface area contributed by atoms with Crippen molar-refractivity contribution in [1.29, 1.82) is 0 Å². The van der Waals surface area contributed by atoms with Gasteiger partial charge >= 0.3 is 22.7 Å². The van der Waals surface area contributed by atoms with Gasteiger partial charge in [0, 0.05) is 55.1 Å². The molecule has 0 atom stereocenters.